The maximum absolute atomic E-state index is 10.1. The number of aldehydes is 1. The van der Waals surface area contributed by atoms with Gasteiger partial charge in [-0.15, -0.1) is 0 Å². The molecule has 0 radical (unpaired) electrons. The molecule has 0 aliphatic heterocycles. The van der Waals surface area contributed by atoms with E-state index in [0.29, 0.717) is 19.1 Å². The first kappa shape index (κ1) is 7.69. The summed E-state index contributed by atoms with van der Waals surface area (Å²) in [7, 11) is 0. The SMILES string of the molecule is CCOOCC1C[C@@H]1C=O. The Balaban J connectivity index is 1.91. The van der Waals surface area contributed by atoms with Crippen molar-refractivity contribution in [3.05, 3.63) is 0 Å². The van der Waals surface area contributed by atoms with Crippen LogP contribution in [0.25, 0.3) is 0 Å². The second-order valence-corrected chi connectivity index (χ2v) is 2.49. The number of rotatable bonds is 5. The van der Waals surface area contributed by atoms with Crippen LogP contribution in [0.4, 0.5) is 0 Å². The average molecular weight is 144 g/mol. The molecule has 10 heavy (non-hydrogen) atoms. The smallest absolute Gasteiger partial charge is 0.123 e. The number of hydrogen-bond donors (Lipinski definition) is 0. The van der Waals surface area contributed by atoms with Crippen LogP contribution < -0.4 is 0 Å². The van der Waals surface area contributed by atoms with Crippen LogP contribution in [0.3, 0.4) is 0 Å². The fourth-order valence-corrected chi connectivity index (χ4v) is 0.848. The molecule has 1 aliphatic carbocycles. The largest absolute Gasteiger partial charge is 0.303 e. The Morgan fingerprint density at radius 1 is 1.60 bits per heavy atom. The summed E-state index contributed by atoms with van der Waals surface area (Å²) in [5.74, 6) is 0.657. The van der Waals surface area contributed by atoms with Gasteiger partial charge in [-0.3, -0.25) is 0 Å². The topological polar surface area (TPSA) is 35.5 Å². The quantitative estimate of drug-likeness (QED) is 0.248. The highest BCUT2D eigenvalue weighted by Crippen LogP contribution is 2.36. The molecule has 58 valence electrons. The molecule has 3 heteroatoms. The number of carbonyl (C=O) groups excluding carboxylic acids is 1. The van der Waals surface area contributed by atoms with Gasteiger partial charge in [0.25, 0.3) is 0 Å². The molecule has 1 unspecified atom stereocenters. The Bertz CT molecular complexity index is 113. The minimum absolute atomic E-state index is 0.237. The standard InChI is InChI=1S/C7H12O3/c1-2-9-10-5-7-3-6(7)4-8/h4,6-7H,2-3,5H2,1H3/t6-,7?/m1/s1. The van der Waals surface area contributed by atoms with E-state index in [0.717, 1.165) is 12.7 Å². The summed E-state index contributed by atoms with van der Waals surface area (Å²) in [6.45, 7) is 3.00. The molecule has 3 nitrogen and oxygen atoms in total. The fraction of sp³-hybridized carbons (Fsp3) is 0.857. The van der Waals surface area contributed by atoms with Gasteiger partial charge in [0, 0.05) is 5.92 Å². The van der Waals surface area contributed by atoms with E-state index < -0.39 is 0 Å². The zero-order valence-electron chi connectivity index (χ0n) is 6.08. The first-order valence-corrected chi connectivity index (χ1v) is 3.58. The highest BCUT2D eigenvalue weighted by atomic mass is 17.2. The molecule has 0 N–H and O–H groups in total. The third-order valence-corrected chi connectivity index (χ3v) is 1.64. The molecule has 0 aromatic carbocycles. The third kappa shape index (κ3) is 2.08. The monoisotopic (exact) mass is 144 g/mol. The summed E-state index contributed by atoms with van der Waals surface area (Å²) in [6, 6.07) is 0. The lowest BCUT2D eigenvalue weighted by Crippen LogP contribution is -1.99. The van der Waals surface area contributed by atoms with Gasteiger partial charge in [0.2, 0.25) is 0 Å². The first-order valence-electron chi connectivity index (χ1n) is 3.58. The normalized spacial score (nSPS) is 30.1. The van der Waals surface area contributed by atoms with Crippen LogP contribution in [0.15, 0.2) is 0 Å². The molecule has 0 heterocycles. The summed E-state index contributed by atoms with van der Waals surface area (Å²) in [5.41, 5.74) is 0. The van der Waals surface area contributed by atoms with Crippen LogP contribution in [0.5, 0.6) is 0 Å². The van der Waals surface area contributed by atoms with Crippen molar-refractivity contribution in [2.75, 3.05) is 13.2 Å². The Morgan fingerprint density at radius 2 is 2.40 bits per heavy atom. The molecule has 0 spiro atoms. The molecule has 2 atom stereocenters. The lowest BCUT2D eigenvalue weighted by atomic mass is 10.4. The van der Waals surface area contributed by atoms with Gasteiger partial charge < -0.3 is 4.79 Å². The fourth-order valence-electron chi connectivity index (χ4n) is 0.848. The van der Waals surface area contributed by atoms with Crippen LogP contribution in [0.2, 0.25) is 0 Å². The van der Waals surface area contributed by atoms with Crippen molar-refractivity contribution >= 4 is 6.29 Å². The molecule has 0 aromatic rings. The highest BCUT2D eigenvalue weighted by molar-refractivity contribution is 5.58. The summed E-state index contributed by atoms with van der Waals surface area (Å²) in [5, 5.41) is 0. The lowest BCUT2D eigenvalue weighted by Gasteiger charge is -1.97. The molecular weight excluding hydrogens is 132 g/mol. The zero-order chi connectivity index (χ0) is 7.40. The van der Waals surface area contributed by atoms with Crippen molar-refractivity contribution in [2.24, 2.45) is 11.8 Å². The van der Waals surface area contributed by atoms with Gasteiger partial charge in [-0.25, -0.2) is 9.78 Å². The van der Waals surface area contributed by atoms with Gasteiger partial charge in [0.1, 0.15) is 6.29 Å². The Kier molecular flexibility index (Phi) is 2.83. The Labute approximate surface area is 60.2 Å². The van der Waals surface area contributed by atoms with Gasteiger partial charge in [0.15, 0.2) is 0 Å². The van der Waals surface area contributed by atoms with E-state index in [9.17, 15) is 4.79 Å². The molecule has 0 saturated heterocycles. The lowest BCUT2D eigenvalue weighted by molar-refractivity contribution is -0.294. The van der Waals surface area contributed by atoms with Crippen LogP contribution >= 0.6 is 0 Å². The van der Waals surface area contributed by atoms with E-state index >= 15 is 0 Å². The van der Waals surface area contributed by atoms with E-state index in [4.69, 9.17) is 4.89 Å². The second kappa shape index (κ2) is 3.68. The Morgan fingerprint density at radius 3 is 2.90 bits per heavy atom. The average Bonchev–Trinajstić information content (AvgIpc) is 2.68. The molecule has 0 bridgehead atoms. The molecular formula is C7H12O3. The van der Waals surface area contributed by atoms with Crippen molar-refractivity contribution in [3.8, 4) is 0 Å². The van der Waals surface area contributed by atoms with Gasteiger partial charge >= 0.3 is 0 Å². The van der Waals surface area contributed by atoms with Crippen LogP contribution in [0, 0.1) is 11.8 Å². The van der Waals surface area contributed by atoms with Crippen molar-refractivity contribution < 1.29 is 14.6 Å². The number of hydrogen-bond acceptors (Lipinski definition) is 3. The van der Waals surface area contributed by atoms with Crippen LogP contribution in [-0.2, 0) is 14.6 Å². The molecule has 1 fully saturated rings. The van der Waals surface area contributed by atoms with Gasteiger partial charge in [-0.05, 0) is 19.3 Å². The predicted molar refractivity (Wildman–Crippen MR) is 35.2 cm³/mol. The molecule has 0 amide bonds. The van der Waals surface area contributed by atoms with Gasteiger partial charge in [-0.2, -0.15) is 0 Å². The molecule has 1 saturated carbocycles. The van der Waals surface area contributed by atoms with Crippen molar-refractivity contribution in [1.82, 2.24) is 0 Å². The van der Waals surface area contributed by atoms with E-state index in [2.05, 4.69) is 4.89 Å². The van der Waals surface area contributed by atoms with E-state index in [1.807, 2.05) is 6.92 Å². The molecule has 1 aliphatic rings. The summed E-state index contributed by atoms with van der Waals surface area (Å²) >= 11 is 0. The molecule has 0 aromatic heterocycles. The first-order chi connectivity index (χ1) is 4.88. The van der Waals surface area contributed by atoms with Crippen LogP contribution in [-0.4, -0.2) is 19.5 Å². The predicted octanol–water partition coefficient (Wildman–Crippen LogP) is 0.790. The van der Waals surface area contributed by atoms with Crippen molar-refractivity contribution in [3.63, 3.8) is 0 Å². The Hall–Kier alpha value is -0.410. The van der Waals surface area contributed by atoms with Gasteiger partial charge in [-0.1, -0.05) is 0 Å². The van der Waals surface area contributed by atoms with E-state index in [1.165, 1.54) is 0 Å². The summed E-state index contributed by atoms with van der Waals surface area (Å²) in [4.78, 5) is 19.6. The number of carbonyl (C=O) groups is 1. The summed E-state index contributed by atoms with van der Waals surface area (Å²) < 4.78 is 0. The minimum atomic E-state index is 0.237. The molecule has 1 rings (SSSR count). The second-order valence-electron chi connectivity index (χ2n) is 2.49. The minimum Gasteiger partial charge on any atom is -0.303 e. The van der Waals surface area contributed by atoms with Gasteiger partial charge in [0.05, 0.1) is 13.2 Å². The summed E-state index contributed by atoms with van der Waals surface area (Å²) in [6.07, 6.45) is 1.95. The van der Waals surface area contributed by atoms with E-state index in [-0.39, 0.29) is 5.92 Å². The zero-order valence-corrected chi connectivity index (χ0v) is 6.08. The van der Waals surface area contributed by atoms with Crippen LogP contribution in [0.1, 0.15) is 13.3 Å². The third-order valence-electron chi connectivity index (χ3n) is 1.64. The van der Waals surface area contributed by atoms with Crippen molar-refractivity contribution in [1.29, 1.82) is 0 Å². The van der Waals surface area contributed by atoms with E-state index in [1.54, 1.807) is 0 Å². The highest BCUT2D eigenvalue weighted by Gasteiger charge is 2.36. The maximum atomic E-state index is 10.1. The maximum Gasteiger partial charge on any atom is 0.123 e. The van der Waals surface area contributed by atoms with Crippen molar-refractivity contribution in [2.45, 2.75) is 13.3 Å².